The van der Waals surface area contributed by atoms with Crippen molar-refractivity contribution in [2.45, 2.75) is 38.8 Å². The molecular weight excluding hydrogens is 240 g/mol. The van der Waals surface area contributed by atoms with E-state index in [4.69, 9.17) is 10.5 Å². The molecular formula is C13H16N6. The molecule has 0 amide bonds. The van der Waals surface area contributed by atoms with Gasteiger partial charge in [0.1, 0.15) is 17.7 Å². The minimum absolute atomic E-state index is 0.104. The summed E-state index contributed by atoms with van der Waals surface area (Å²) in [6, 6.07) is 6.02. The van der Waals surface area contributed by atoms with Crippen molar-refractivity contribution in [3.63, 3.8) is 0 Å². The maximum atomic E-state index is 9.24. The SMILES string of the molecule is CCNC(C)(C#N)CC(C)n1cnc(C#N)c1C#N. The van der Waals surface area contributed by atoms with Crippen molar-refractivity contribution in [3.8, 4) is 18.2 Å². The molecule has 0 spiro atoms. The van der Waals surface area contributed by atoms with Crippen molar-refractivity contribution in [3.05, 3.63) is 17.7 Å². The summed E-state index contributed by atoms with van der Waals surface area (Å²) in [6.07, 6.45) is 2.00. The Labute approximate surface area is 112 Å². The van der Waals surface area contributed by atoms with Crippen LogP contribution in [0.15, 0.2) is 6.33 Å². The van der Waals surface area contributed by atoms with Crippen LogP contribution < -0.4 is 5.32 Å². The van der Waals surface area contributed by atoms with E-state index in [0.717, 1.165) is 0 Å². The van der Waals surface area contributed by atoms with Gasteiger partial charge in [-0.2, -0.15) is 15.8 Å². The lowest BCUT2D eigenvalue weighted by molar-refractivity contribution is 0.352. The van der Waals surface area contributed by atoms with E-state index in [9.17, 15) is 5.26 Å². The number of rotatable bonds is 5. The zero-order valence-corrected chi connectivity index (χ0v) is 11.3. The molecule has 1 N–H and O–H groups in total. The highest BCUT2D eigenvalue weighted by atomic mass is 15.1. The molecule has 0 aliphatic carbocycles. The van der Waals surface area contributed by atoms with Gasteiger partial charge in [0.25, 0.3) is 0 Å². The van der Waals surface area contributed by atoms with Gasteiger partial charge in [0.2, 0.25) is 0 Å². The summed E-state index contributed by atoms with van der Waals surface area (Å²) in [7, 11) is 0. The Morgan fingerprint density at radius 2 is 2.11 bits per heavy atom. The van der Waals surface area contributed by atoms with Gasteiger partial charge in [-0.3, -0.25) is 5.32 Å². The first-order valence-electron chi connectivity index (χ1n) is 6.04. The van der Waals surface area contributed by atoms with E-state index in [-0.39, 0.29) is 17.4 Å². The fourth-order valence-corrected chi connectivity index (χ4v) is 2.12. The molecule has 1 aromatic heterocycles. The minimum Gasteiger partial charge on any atom is -0.318 e. The second-order valence-corrected chi connectivity index (χ2v) is 4.60. The van der Waals surface area contributed by atoms with Crippen molar-refractivity contribution in [2.24, 2.45) is 0 Å². The fourth-order valence-electron chi connectivity index (χ4n) is 2.12. The summed E-state index contributed by atoms with van der Waals surface area (Å²) in [5, 5.41) is 30.3. The highest BCUT2D eigenvalue weighted by molar-refractivity contribution is 5.36. The number of nitriles is 3. The first-order chi connectivity index (χ1) is 9.01. The zero-order chi connectivity index (χ0) is 14.5. The number of nitrogens with zero attached hydrogens (tertiary/aromatic N) is 5. The number of hydrogen-bond donors (Lipinski definition) is 1. The Bertz CT molecular complexity index is 567. The van der Waals surface area contributed by atoms with Crippen LogP contribution >= 0.6 is 0 Å². The van der Waals surface area contributed by atoms with E-state index in [1.54, 1.807) is 4.57 Å². The van der Waals surface area contributed by atoms with Gasteiger partial charge in [0, 0.05) is 6.04 Å². The van der Waals surface area contributed by atoms with Crippen LogP contribution in [0.2, 0.25) is 0 Å². The topological polar surface area (TPSA) is 101 Å². The van der Waals surface area contributed by atoms with E-state index in [0.29, 0.717) is 13.0 Å². The molecule has 2 unspecified atom stereocenters. The highest BCUT2D eigenvalue weighted by Gasteiger charge is 2.27. The number of nitrogens with one attached hydrogen (secondary N) is 1. The molecule has 0 radical (unpaired) electrons. The third-order valence-corrected chi connectivity index (χ3v) is 3.00. The molecule has 2 atom stereocenters. The molecule has 0 fully saturated rings. The van der Waals surface area contributed by atoms with E-state index < -0.39 is 5.54 Å². The number of aromatic nitrogens is 2. The molecule has 6 nitrogen and oxygen atoms in total. The maximum Gasteiger partial charge on any atom is 0.176 e. The molecule has 0 aliphatic rings. The van der Waals surface area contributed by atoms with E-state index in [1.165, 1.54) is 6.33 Å². The van der Waals surface area contributed by atoms with Crippen LogP contribution in [0.1, 0.15) is 44.6 Å². The van der Waals surface area contributed by atoms with Gasteiger partial charge < -0.3 is 4.57 Å². The first kappa shape index (κ1) is 14.7. The van der Waals surface area contributed by atoms with Crippen LogP contribution in [-0.4, -0.2) is 21.6 Å². The summed E-state index contributed by atoms with van der Waals surface area (Å²) >= 11 is 0. The quantitative estimate of drug-likeness (QED) is 0.859. The second kappa shape index (κ2) is 6.00. The van der Waals surface area contributed by atoms with Gasteiger partial charge in [-0.1, -0.05) is 6.92 Å². The fraction of sp³-hybridized carbons (Fsp3) is 0.538. The minimum atomic E-state index is -0.669. The molecule has 0 saturated heterocycles. The summed E-state index contributed by atoms with van der Waals surface area (Å²) in [5.74, 6) is 0. The zero-order valence-electron chi connectivity index (χ0n) is 11.3. The van der Waals surface area contributed by atoms with Crippen molar-refractivity contribution < 1.29 is 0 Å². The standard InChI is InChI=1S/C13H16N6/c1-4-18-13(3,8-16)5-10(2)19-9-17-11(6-14)12(19)7-15/h9-10,18H,4-5H2,1-3H3. The van der Waals surface area contributed by atoms with E-state index in [2.05, 4.69) is 16.4 Å². The van der Waals surface area contributed by atoms with Crippen molar-refractivity contribution >= 4 is 0 Å². The Balaban J connectivity index is 3.00. The Kier molecular flexibility index (Phi) is 4.64. The molecule has 0 aliphatic heterocycles. The monoisotopic (exact) mass is 256 g/mol. The van der Waals surface area contributed by atoms with Gasteiger partial charge >= 0.3 is 0 Å². The lowest BCUT2D eigenvalue weighted by Crippen LogP contribution is -2.42. The number of imidazole rings is 1. The lowest BCUT2D eigenvalue weighted by Gasteiger charge is -2.27. The summed E-state index contributed by atoms with van der Waals surface area (Å²) in [5.41, 5.74) is -0.305. The third kappa shape index (κ3) is 3.10. The first-order valence-corrected chi connectivity index (χ1v) is 6.04. The molecule has 0 bridgehead atoms. The summed E-state index contributed by atoms with van der Waals surface area (Å²) in [6.45, 7) is 6.35. The molecule has 1 heterocycles. The maximum absolute atomic E-state index is 9.24. The van der Waals surface area contributed by atoms with Crippen LogP contribution in [-0.2, 0) is 0 Å². The molecule has 6 heteroatoms. The van der Waals surface area contributed by atoms with Crippen LogP contribution in [0.5, 0.6) is 0 Å². The number of hydrogen-bond acceptors (Lipinski definition) is 5. The van der Waals surface area contributed by atoms with Gasteiger partial charge in [-0.05, 0) is 26.8 Å². The predicted octanol–water partition coefficient (Wildman–Crippen LogP) is 1.47. The van der Waals surface area contributed by atoms with Crippen molar-refractivity contribution in [1.29, 1.82) is 15.8 Å². The van der Waals surface area contributed by atoms with Gasteiger partial charge in [-0.15, -0.1) is 0 Å². The van der Waals surface area contributed by atoms with Gasteiger partial charge in [0.05, 0.1) is 12.4 Å². The second-order valence-electron chi connectivity index (χ2n) is 4.60. The Hall–Kier alpha value is -2.36. The van der Waals surface area contributed by atoms with Crippen molar-refractivity contribution in [1.82, 2.24) is 14.9 Å². The molecule has 98 valence electrons. The highest BCUT2D eigenvalue weighted by Crippen LogP contribution is 2.22. The third-order valence-electron chi connectivity index (χ3n) is 3.00. The van der Waals surface area contributed by atoms with E-state index >= 15 is 0 Å². The van der Waals surface area contributed by atoms with E-state index in [1.807, 2.05) is 32.9 Å². The Morgan fingerprint density at radius 1 is 1.42 bits per heavy atom. The average molecular weight is 256 g/mol. The molecule has 0 aromatic carbocycles. The van der Waals surface area contributed by atoms with Crippen LogP contribution in [0.25, 0.3) is 0 Å². The normalized spacial score (nSPS) is 14.7. The van der Waals surface area contributed by atoms with Gasteiger partial charge in [-0.25, -0.2) is 4.98 Å². The smallest absolute Gasteiger partial charge is 0.176 e. The predicted molar refractivity (Wildman–Crippen MR) is 68.7 cm³/mol. The van der Waals surface area contributed by atoms with Crippen LogP contribution in [0, 0.1) is 34.0 Å². The molecule has 19 heavy (non-hydrogen) atoms. The molecule has 1 rings (SSSR count). The largest absolute Gasteiger partial charge is 0.318 e. The van der Waals surface area contributed by atoms with Crippen LogP contribution in [0.3, 0.4) is 0 Å². The average Bonchev–Trinajstić information content (AvgIpc) is 2.81. The Morgan fingerprint density at radius 3 is 2.58 bits per heavy atom. The molecule has 0 saturated carbocycles. The summed E-state index contributed by atoms with van der Waals surface area (Å²) < 4.78 is 1.64. The van der Waals surface area contributed by atoms with Crippen molar-refractivity contribution in [2.75, 3.05) is 6.54 Å². The van der Waals surface area contributed by atoms with Gasteiger partial charge in [0.15, 0.2) is 11.4 Å². The molecule has 1 aromatic rings. The van der Waals surface area contributed by atoms with Crippen LogP contribution in [0.4, 0.5) is 0 Å². The summed E-state index contributed by atoms with van der Waals surface area (Å²) in [4.78, 5) is 3.90. The lowest BCUT2D eigenvalue weighted by atomic mass is 9.95.